The number of hydrogen-bond acceptors (Lipinski definition) is 4. The largest absolute Gasteiger partial charge is 0.390 e. The van der Waals surface area contributed by atoms with Crippen LogP contribution in [0.1, 0.15) is 17.6 Å². The number of aromatic nitrogens is 2. The third-order valence-corrected chi connectivity index (χ3v) is 2.14. The molecule has 0 saturated carbocycles. The Hall–Kier alpha value is -0.910. The quantitative estimate of drug-likeness (QED) is 0.462. The fraction of sp³-hybridized carbons (Fsp3) is 0.625. The molecule has 5 nitrogen and oxygen atoms in total. The average molecular weight is 182 g/mol. The smallest absolute Gasteiger partial charge is 0.103 e. The minimum Gasteiger partial charge on any atom is -0.390 e. The number of β-amino-alcohol motifs (C(OH)–C–C–N with tert-alkyl or cyclic N) is 1. The number of H-pyrrole nitrogens is 1. The van der Waals surface area contributed by atoms with Gasteiger partial charge in [-0.25, -0.2) is 0 Å². The Balaban J connectivity index is 2.02. The second kappa shape index (κ2) is 3.45. The molecule has 1 fully saturated rings. The predicted octanol–water partition coefficient (Wildman–Crippen LogP) is -0.730. The van der Waals surface area contributed by atoms with Gasteiger partial charge in [-0.2, -0.15) is 5.10 Å². The second-order valence-electron chi connectivity index (χ2n) is 3.38. The fourth-order valence-corrected chi connectivity index (χ4v) is 1.45. The van der Waals surface area contributed by atoms with Crippen LogP contribution in [0.4, 0.5) is 0 Å². The van der Waals surface area contributed by atoms with E-state index in [9.17, 15) is 5.11 Å². The first-order valence-corrected chi connectivity index (χ1v) is 4.42. The van der Waals surface area contributed by atoms with Gasteiger partial charge in [0.1, 0.15) is 6.17 Å². The molecule has 0 spiro atoms. The number of aliphatic hydroxyl groups excluding tert-OH is 1. The summed E-state index contributed by atoms with van der Waals surface area (Å²) in [5.74, 6) is 0. The molecule has 72 valence electrons. The molecule has 1 aliphatic heterocycles. The number of aliphatic hydroxyl groups is 1. The van der Waals surface area contributed by atoms with Crippen LogP contribution in [0.25, 0.3) is 0 Å². The number of nitrogens with zero attached hydrogens (tertiary/aromatic N) is 1. The predicted molar refractivity (Wildman–Crippen MR) is 48.1 cm³/mol. The van der Waals surface area contributed by atoms with E-state index in [0.29, 0.717) is 13.1 Å². The first kappa shape index (κ1) is 8.68. The van der Waals surface area contributed by atoms with Gasteiger partial charge < -0.3 is 5.11 Å². The lowest BCUT2D eigenvalue weighted by atomic mass is 10.2. The molecular weight excluding hydrogens is 168 g/mol. The molecule has 0 amide bonds. The van der Waals surface area contributed by atoms with E-state index in [-0.39, 0.29) is 12.3 Å². The molecule has 13 heavy (non-hydrogen) atoms. The SMILES string of the molecule is Cc1cc(C2NCC(O)CN2)n[nH]1. The molecule has 5 heteroatoms. The Labute approximate surface area is 76.5 Å². The maximum Gasteiger partial charge on any atom is 0.103 e. The Morgan fingerprint density at radius 1 is 1.46 bits per heavy atom. The van der Waals surface area contributed by atoms with Crippen molar-refractivity contribution in [2.75, 3.05) is 13.1 Å². The fourth-order valence-electron chi connectivity index (χ4n) is 1.45. The minimum absolute atomic E-state index is 0.0633. The number of hydrogen-bond donors (Lipinski definition) is 4. The number of nitrogens with one attached hydrogen (secondary N) is 3. The van der Waals surface area contributed by atoms with Crippen LogP contribution in [0.3, 0.4) is 0 Å². The molecule has 0 unspecified atom stereocenters. The van der Waals surface area contributed by atoms with Crippen molar-refractivity contribution in [3.8, 4) is 0 Å². The van der Waals surface area contributed by atoms with Gasteiger partial charge in [-0.3, -0.25) is 15.7 Å². The summed E-state index contributed by atoms with van der Waals surface area (Å²) in [4.78, 5) is 0. The summed E-state index contributed by atoms with van der Waals surface area (Å²) in [5.41, 5.74) is 1.99. The number of rotatable bonds is 1. The molecule has 0 aliphatic carbocycles. The van der Waals surface area contributed by atoms with Gasteiger partial charge in [-0.15, -0.1) is 0 Å². The van der Waals surface area contributed by atoms with Crippen molar-refractivity contribution in [2.45, 2.75) is 19.2 Å². The summed E-state index contributed by atoms with van der Waals surface area (Å²) in [6.45, 7) is 3.20. The zero-order valence-electron chi connectivity index (χ0n) is 7.54. The highest BCUT2D eigenvalue weighted by molar-refractivity contribution is 5.11. The highest BCUT2D eigenvalue weighted by Crippen LogP contribution is 2.10. The molecular formula is C8H14N4O. The maximum atomic E-state index is 9.23. The molecule has 4 N–H and O–H groups in total. The molecule has 0 radical (unpaired) electrons. The van der Waals surface area contributed by atoms with E-state index in [1.54, 1.807) is 0 Å². The van der Waals surface area contributed by atoms with Gasteiger partial charge in [0.2, 0.25) is 0 Å². The van der Waals surface area contributed by atoms with E-state index in [1.165, 1.54) is 0 Å². The second-order valence-corrected chi connectivity index (χ2v) is 3.38. The molecule has 1 aliphatic rings. The van der Waals surface area contributed by atoms with E-state index in [4.69, 9.17) is 0 Å². The summed E-state index contributed by atoms with van der Waals surface area (Å²) in [6.07, 6.45) is -0.232. The van der Waals surface area contributed by atoms with Crippen LogP contribution in [0.5, 0.6) is 0 Å². The van der Waals surface area contributed by atoms with Gasteiger partial charge in [-0.1, -0.05) is 0 Å². The maximum absolute atomic E-state index is 9.23. The summed E-state index contributed by atoms with van der Waals surface area (Å²) < 4.78 is 0. The Kier molecular flexibility index (Phi) is 2.30. The van der Waals surface area contributed by atoms with Gasteiger partial charge in [0.25, 0.3) is 0 Å². The highest BCUT2D eigenvalue weighted by Gasteiger charge is 2.20. The molecule has 2 heterocycles. The number of aromatic amines is 1. The monoisotopic (exact) mass is 182 g/mol. The van der Waals surface area contributed by atoms with E-state index in [2.05, 4.69) is 20.8 Å². The molecule has 0 atom stereocenters. The van der Waals surface area contributed by atoms with Crippen molar-refractivity contribution >= 4 is 0 Å². The summed E-state index contributed by atoms with van der Waals surface area (Å²) in [5, 5.41) is 22.6. The zero-order chi connectivity index (χ0) is 9.26. The molecule has 1 aromatic rings. The summed E-state index contributed by atoms with van der Waals surface area (Å²) in [7, 11) is 0. The molecule has 2 rings (SSSR count). The van der Waals surface area contributed by atoms with E-state index in [0.717, 1.165) is 11.4 Å². The normalized spacial score (nSPS) is 29.1. The van der Waals surface area contributed by atoms with Crippen LogP contribution < -0.4 is 10.6 Å². The van der Waals surface area contributed by atoms with Crippen molar-refractivity contribution in [3.05, 3.63) is 17.5 Å². The molecule has 0 bridgehead atoms. The van der Waals surface area contributed by atoms with Crippen LogP contribution in [0.15, 0.2) is 6.07 Å². The lowest BCUT2D eigenvalue weighted by Gasteiger charge is -2.27. The van der Waals surface area contributed by atoms with Crippen molar-refractivity contribution < 1.29 is 5.11 Å². The van der Waals surface area contributed by atoms with Crippen LogP contribution in [-0.2, 0) is 0 Å². The Morgan fingerprint density at radius 3 is 2.69 bits per heavy atom. The Morgan fingerprint density at radius 2 is 2.15 bits per heavy atom. The molecule has 1 saturated heterocycles. The molecule has 0 aromatic carbocycles. The first-order valence-electron chi connectivity index (χ1n) is 4.42. The van der Waals surface area contributed by atoms with Crippen molar-refractivity contribution in [1.29, 1.82) is 0 Å². The zero-order valence-corrected chi connectivity index (χ0v) is 7.54. The van der Waals surface area contributed by atoms with Crippen molar-refractivity contribution in [3.63, 3.8) is 0 Å². The average Bonchev–Trinajstić information content (AvgIpc) is 2.53. The topological polar surface area (TPSA) is 73.0 Å². The third-order valence-electron chi connectivity index (χ3n) is 2.14. The standard InChI is InChI=1S/C8H14N4O/c1-5-2-7(12-11-5)8-9-3-6(13)4-10-8/h2,6,8-10,13H,3-4H2,1H3,(H,11,12). The van der Waals surface area contributed by atoms with E-state index < -0.39 is 0 Å². The van der Waals surface area contributed by atoms with Crippen molar-refractivity contribution in [2.24, 2.45) is 0 Å². The Bertz CT molecular complexity index is 277. The van der Waals surface area contributed by atoms with E-state index >= 15 is 0 Å². The van der Waals surface area contributed by atoms with Crippen molar-refractivity contribution in [1.82, 2.24) is 20.8 Å². The van der Waals surface area contributed by atoms with Gasteiger partial charge >= 0.3 is 0 Å². The summed E-state index contributed by atoms with van der Waals surface area (Å²) in [6, 6.07) is 1.99. The van der Waals surface area contributed by atoms with Gasteiger partial charge in [0, 0.05) is 18.8 Å². The van der Waals surface area contributed by atoms with Crippen LogP contribution in [-0.4, -0.2) is 34.5 Å². The van der Waals surface area contributed by atoms with Gasteiger partial charge in [-0.05, 0) is 13.0 Å². The van der Waals surface area contributed by atoms with Gasteiger partial charge in [0.05, 0.1) is 11.8 Å². The van der Waals surface area contributed by atoms with E-state index in [1.807, 2.05) is 13.0 Å². The highest BCUT2D eigenvalue weighted by atomic mass is 16.3. The van der Waals surface area contributed by atoms with Crippen LogP contribution >= 0.6 is 0 Å². The van der Waals surface area contributed by atoms with Gasteiger partial charge in [0.15, 0.2) is 0 Å². The van der Waals surface area contributed by atoms with Crippen LogP contribution in [0, 0.1) is 6.92 Å². The minimum atomic E-state index is -0.295. The lowest BCUT2D eigenvalue weighted by Crippen LogP contribution is -2.49. The lowest BCUT2D eigenvalue weighted by molar-refractivity contribution is 0.128. The third kappa shape index (κ3) is 1.88. The van der Waals surface area contributed by atoms with Crippen LogP contribution in [0.2, 0.25) is 0 Å². The summed E-state index contributed by atoms with van der Waals surface area (Å²) >= 11 is 0. The molecule has 1 aromatic heterocycles. The first-order chi connectivity index (χ1) is 6.25. The number of aryl methyl sites for hydroxylation is 1.